The number of ether oxygens (including phenoxy) is 2. The molecule has 0 aliphatic carbocycles. The normalized spacial score (nSPS) is 16.5. The zero-order chi connectivity index (χ0) is 15.2. The lowest BCUT2D eigenvalue weighted by molar-refractivity contribution is -0.0512. The summed E-state index contributed by atoms with van der Waals surface area (Å²) in [6, 6.07) is 4.64. The van der Waals surface area contributed by atoms with Gasteiger partial charge in [-0.1, -0.05) is 6.07 Å². The Bertz CT molecular complexity index is 452. The standard InChI is InChI=1S/C14H20F2N2O3/c1-20-10-9-17-5-7-18(8-6-17)11-3-2-4-12(13(11)19)21-14(15)16/h2-4,14,19H,5-10H2,1H3. The summed E-state index contributed by atoms with van der Waals surface area (Å²) in [4.78, 5) is 4.23. The topological polar surface area (TPSA) is 45.2 Å². The molecule has 1 saturated heterocycles. The van der Waals surface area contributed by atoms with Crippen molar-refractivity contribution in [3.63, 3.8) is 0 Å². The maximum atomic E-state index is 12.3. The molecule has 7 heteroatoms. The summed E-state index contributed by atoms with van der Waals surface area (Å²) in [6.45, 7) is 1.71. The molecule has 0 radical (unpaired) electrons. The van der Waals surface area contributed by atoms with Gasteiger partial charge in [-0.25, -0.2) is 0 Å². The minimum Gasteiger partial charge on any atom is -0.503 e. The molecule has 1 aliphatic heterocycles. The quantitative estimate of drug-likeness (QED) is 0.867. The third kappa shape index (κ3) is 4.18. The van der Waals surface area contributed by atoms with Crippen LogP contribution in [-0.4, -0.2) is 63.1 Å². The van der Waals surface area contributed by atoms with Gasteiger partial charge in [-0.3, -0.25) is 4.90 Å². The fourth-order valence-corrected chi connectivity index (χ4v) is 2.39. The molecule has 1 heterocycles. The van der Waals surface area contributed by atoms with Crippen molar-refractivity contribution < 1.29 is 23.4 Å². The molecule has 118 valence electrons. The van der Waals surface area contributed by atoms with E-state index < -0.39 is 6.61 Å². The number of aromatic hydroxyl groups is 1. The Kier molecular flexibility index (Phi) is 5.58. The van der Waals surface area contributed by atoms with E-state index in [0.717, 1.165) is 32.7 Å². The molecule has 0 atom stereocenters. The zero-order valence-corrected chi connectivity index (χ0v) is 12.0. The largest absolute Gasteiger partial charge is 0.503 e. The Morgan fingerprint density at radius 1 is 1.24 bits per heavy atom. The van der Waals surface area contributed by atoms with Crippen LogP contribution >= 0.6 is 0 Å². The first-order valence-corrected chi connectivity index (χ1v) is 6.85. The highest BCUT2D eigenvalue weighted by atomic mass is 19.3. The van der Waals surface area contributed by atoms with Crippen molar-refractivity contribution >= 4 is 5.69 Å². The van der Waals surface area contributed by atoms with E-state index in [1.165, 1.54) is 6.07 Å². The first-order valence-electron chi connectivity index (χ1n) is 6.85. The summed E-state index contributed by atoms with van der Waals surface area (Å²) >= 11 is 0. The number of anilines is 1. The molecule has 5 nitrogen and oxygen atoms in total. The molecule has 0 saturated carbocycles. The molecule has 0 unspecified atom stereocenters. The van der Waals surface area contributed by atoms with Crippen LogP contribution in [0, 0.1) is 0 Å². The van der Waals surface area contributed by atoms with Gasteiger partial charge in [0.1, 0.15) is 0 Å². The molecule has 1 fully saturated rings. The Morgan fingerprint density at radius 2 is 1.95 bits per heavy atom. The first kappa shape index (κ1) is 15.8. The van der Waals surface area contributed by atoms with Gasteiger partial charge in [0.2, 0.25) is 0 Å². The zero-order valence-electron chi connectivity index (χ0n) is 12.0. The van der Waals surface area contributed by atoms with Crippen LogP contribution in [0.4, 0.5) is 14.5 Å². The van der Waals surface area contributed by atoms with E-state index in [1.54, 1.807) is 19.2 Å². The summed E-state index contributed by atoms with van der Waals surface area (Å²) in [5, 5.41) is 10.1. The van der Waals surface area contributed by atoms with Crippen LogP contribution in [0.1, 0.15) is 0 Å². The molecule has 0 bridgehead atoms. The Morgan fingerprint density at radius 3 is 2.57 bits per heavy atom. The van der Waals surface area contributed by atoms with Crippen molar-refractivity contribution in [1.29, 1.82) is 0 Å². The number of rotatable bonds is 6. The number of hydrogen-bond donors (Lipinski definition) is 1. The van der Waals surface area contributed by atoms with Crippen molar-refractivity contribution in [3.8, 4) is 11.5 Å². The van der Waals surface area contributed by atoms with E-state index in [4.69, 9.17) is 4.74 Å². The van der Waals surface area contributed by atoms with Gasteiger partial charge in [-0.2, -0.15) is 8.78 Å². The van der Waals surface area contributed by atoms with Crippen LogP contribution in [0.25, 0.3) is 0 Å². The molecule has 21 heavy (non-hydrogen) atoms. The number of phenols is 1. The van der Waals surface area contributed by atoms with E-state index in [-0.39, 0.29) is 11.5 Å². The molecule has 1 aromatic carbocycles. The lowest BCUT2D eigenvalue weighted by atomic mass is 10.2. The van der Waals surface area contributed by atoms with E-state index in [2.05, 4.69) is 9.64 Å². The molecular weight excluding hydrogens is 282 g/mol. The van der Waals surface area contributed by atoms with E-state index in [9.17, 15) is 13.9 Å². The van der Waals surface area contributed by atoms with E-state index >= 15 is 0 Å². The van der Waals surface area contributed by atoms with Crippen molar-refractivity contribution in [2.75, 3.05) is 51.3 Å². The van der Waals surface area contributed by atoms with Gasteiger partial charge in [0.05, 0.1) is 12.3 Å². The van der Waals surface area contributed by atoms with Gasteiger partial charge in [-0.15, -0.1) is 0 Å². The molecule has 2 rings (SSSR count). The SMILES string of the molecule is COCCN1CCN(c2cccc(OC(F)F)c2O)CC1. The Labute approximate surface area is 122 Å². The smallest absolute Gasteiger partial charge is 0.387 e. The highest BCUT2D eigenvalue weighted by molar-refractivity contribution is 5.64. The van der Waals surface area contributed by atoms with Gasteiger partial charge in [0.15, 0.2) is 11.5 Å². The van der Waals surface area contributed by atoms with Crippen LogP contribution in [0.15, 0.2) is 18.2 Å². The van der Waals surface area contributed by atoms with E-state index in [0.29, 0.717) is 12.3 Å². The van der Waals surface area contributed by atoms with Crippen molar-refractivity contribution in [2.24, 2.45) is 0 Å². The van der Waals surface area contributed by atoms with Crippen molar-refractivity contribution in [1.82, 2.24) is 4.90 Å². The second kappa shape index (κ2) is 7.42. The maximum absolute atomic E-state index is 12.3. The van der Waals surface area contributed by atoms with Crippen LogP contribution in [0.2, 0.25) is 0 Å². The third-order valence-corrected chi connectivity index (χ3v) is 3.52. The lowest BCUT2D eigenvalue weighted by Gasteiger charge is -2.36. The summed E-state index contributed by atoms with van der Waals surface area (Å²) in [6.07, 6.45) is 0. The molecule has 1 aliphatic rings. The highest BCUT2D eigenvalue weighted by Gasteiger charge is 2.21. The fraction of sp³-hybridized carbons (Fsp3) is 0.571. The summed E-state index contributed by atoms with van der Waals surface area (Å²) in [7, 11) is 1.67. The molecule has 0 spiro atoms. The number of halogens is 2. The van der Waals surface area contributed by atoms with Crippen molar-refractivity contribution in [2.45, 2.75) is 6.61 Å². The highest BCUT2D eigenvalue weighted by Crippen LogP contribution is 2.37. The fourth-order valence-electron chi connectivity index (χ4n) is 2.39. The number of piperazine rings is 1. The number of phenolic OH excluding ortho intramolecular Hbond substituents is 1. The van der Waals surface area contributed by atoms with Crippen LogP contribution < -0.4 is 9.64 Å². The summed E-state index contributed by atoms with van der Waals surface area (Å²) in [5.74, 6) is -0.424. The van der Waals surface area contributed by atoms with Crippen molar-refractivity contribution in [3.05, 3.63) is 18.2 Å². The molecule has 0 amide bonds. The van der Waals surface area contributed by atoms with Crippen LogP contribution in [0.5, 0.6) is 11.5 Å². The number of methoxy groups -OCH3 is 1. The van der Waals surface area contributed by atoms with E-state index in [1.807, 2.05) is 4.90 Å². The molecule has 1 N–H and O–H groups in total. The number of alkyl halides is 2. The van der Waals surface area contributed by atoms with Gasteiger partial charge in [-0.05, 0) is 12.1 Å². The van der Waals surface area contributed by atoms with Gasteiger partial charge in [0.25, 0.3) is 0 Å². The molecule has 0 aromatic heterocycles. The Balaban J connectivity index is 2.00. The second-order valence-corrected chi connectivity index (χ2v) is 4.82. The predicted octanol–water partition coefficient (Wildman–Crippen LogP) is 1.76. The van der Waals surface area contributed by atoms with Crippen LogP contribution in [-0.2, 0) is 4.74 Å². The second-order valence-electron chi connectivity index (χ2n) is 4.82. The molecule has 1 aromatic rings. The van der Waals surface area contributed by atoms with Gasteiger partial charge >= 0.3 is 6.61 Å². The number of benzene rings is 1. The Hall–Kier alpha value is -1.60. The minimum atomic E-state index is -2.95. The number of hydrogen-bond acceptors (Lipinski definition) is 5. The monoisotopic (exact) mass is 302 g/mol. The van der Waals surface area contributed by atoms with Gasteiger partial charge < -0.3 is 19.5 Å². The predicted molar refractivity (Wildman–Crippen MR) is 75.3 cm³/mol. The summed E-state index contributed by atoms with van der Waals surface area (Å²) in [5.41, 5.74) is 0.527. The first-order chi connectivity index (χ1) is 10.1. The average Bonchev–Trinajstić information content (AvgIpc) is 2.47. The van der Waals surface area contributed by atoms with Gasteiger partial charge in [0, 0.05) is 39.8 Å². The lowest BCUT2D eigenvalue weighted by Crippen LogP contribution is -2.47. The van der Waals surface area contributed by atoms with Crippen LogP contribution in [0.3, 0.4) is 0 Å². The number of para-hydroxylation sites is 1. The summed E-state index contributed by atoms with van der Waals surface area (Å²) < 4.78 is 33.9. The third-order valence-electron chi connectivity index (χ3n) is 3.52. The molecular formula is C14H20F2N2O3. The average molecular weight is 302 g/mol. The minimum absolute atomic E-state index is 0.190. The number of nitrogens with zero attached hydrogens (tertiary/aromatic N) is 2. The maximum Gasteiger partial charge on any atom is 0.387 e.